The zero-order valence-corrected chi connectivity index (χ0v) is 14.5. The highest BCUT2D eigenvalue weighted by atomic mass is 16.5. The zero-order valence-electron chi connectivity index (χ0n) is 14.5. The molecule has 0 spiro atoms. The van der Waals surface area contributed by atoms with Crippen molar-refractivity contribution in [2.75, 3.05) is 37.7 Å². The predicted octanol–water partition coefficient (Wildman–Crippen LogP) is 0.978. The van der Waals surface area contributed by atoms with Crippen molar-refractivity contribution in [2.45, 2.75) is 32.3 Å². The maximum absolute atomic E-state index is 12.9. The average molecular weight is 344 g/mol. The first-order valence-electron chi connectivity index (χ1n) is 9.08. The van der Waals surface area contributed by atoms with E-state index in [1.165, 1.54) is 0 Å². The smallest absolute Gasteiger partial charge is 0.228 e. The topological polar surface area (TPSA) is 75.9 Å². The van der Waals surface area contributed by atoms with Gasteiger partial charge in [-0.3, -0.25) is 4.79 Å². The van der Waals surface area contributed by atoms with Gasteiger partial charge >= 0.3 is 0 Å². The lowest BCUT2D eigenvalue weighted by molar-refractivity contribution is -0.145. The summed E-state index contributed by atoms with van der Waals surface area (Å²) in [5.74, 6) is 1.18. The fourth-order valence-corrected chi connectivity index (χ4v) is 3.80. The number of aromatic nitrogens is 4. The highest BCUT2D eigenvalue weighted by Crippen LogP contribution is 2.26. The van der Waals surface area contributed by atoms with Crippen LogP contribution in [-0.4, -0.2) is 69.5 Å². The molecule has 25 heavy (non-hydrogen) atoms. The Hall–Kier alpha value is -2.22. The molecule has 2 saturated heterocycles. The number of hydrogen-bond acceptors (Lipinski definition) is 6. The molecule has 0 bridgehead atoms. The molecule has 0 radical (unpaired) electrons. The lowest BCUT2D eigenvalue weighted by atomic mass is 9.91. The van der Waals surface area contributed by atoms with Gasteiger partial charge in [-0.2, -0.15) is 4.52 Å². The fraction of sp³-hybridized carbons (Fsp3) is 0.647. The maximum atomic E-state index is 12.9. The lowest BCUT2D eigenvalue weighted by Gasteiger charge is -2.39. The lowest BCUT2D eigenvalue weighted by Crippen LogP contribution is -2.52. The van der Waals surface area contributed by atoms with Gasteiger partial charge in [-0.15, -0.1) is 15.3 Å². The van der Waals surface area contributed by atoms with Crippen molar-refractivity contribution in [3.8, 4) is 0 Å². The van der Waals surface area contributed by atoms with E-state index in [-0.39, 0.29) is 17.9 Å². The van der Waals surface area contributed by atoms with E-state index in [2.05, 4.69) is 27.1 Å². The van der Waals surface area contributed by atoms with E-state index in [1.807, 2.05) is 17.0 Å². The molecule has 2 aliphatic rings. The number of nitrogens with zero attached hydrogens (tertiary/aromatic N) is 6. The van der Waals surface area contributed by atoms with Crippen molar-refractivity contribution in [1.29, 1.82) is 0 Å². The molecule has 4 rings (SSSR count). The van der Waals surface area contributed by atoms with Crippen molar-refractivity contribution in [2.24, 2.45) is 5.92 Å². The third kappa shape index (κ3) is 3.18. The van der Waals surface area contributed by atoms with Gasteiger partial charge in [0.15, 0.2) is 5.65 Å². The van der Waals surface area contributed by atoms with E-state index in [4.69, 9.17) is 4.74 Å². The van der Waals surface area contributed by atoms with E-state index in [0.717, 1.165) is 63.5 Å². The highest BCUT2D eigenvalue weighted by Gasteiger charge is 2.34. The molecule has 0 aromatic carbocycles. The minimum Gasteiger partial charge on any atom is -0.377 e. The van der Waals surface area contributed by atoms with Crippen molar-refractivity contribution >= 4 is 17.4 Å². The Labute approximate surface area is 146 Å². The van der Waals surface area contributed by atoms with Crippen molar-refractivity contribution in [3.63, 3.8) is 0 Å². The average Bonchev–Trinajstić information content (AvgIpc) is 3.15. The molecule has 0 N–H and O–H groups in total. The number of fused-ring (bicyclic) bond motifs is 1. The summed E-state index contributed by atoms with van der Waals surface area (Å²) in [7, 11) is 0. The third-order valence-electron chi connectivity index (χ3n) is 5.22. The van der Waals surface area contributed by atoms with E-state index in [1.54, 1.807) is 10.8 Å². The number of carbonyl (C=O) groups is 1. The number of amides is 1. The van der Waals surface area contributed by atoms with Gasteiger partial charge in [0.2, 0.25) is 5.91 Å². The molecule has 1 amide bonds. The summed E-state index contributed by atoms with van der Waals surface area (Å²) in [4.78, 5) is 17.1. The predicted molar refractivity (Wildman–Crippen MR) is 92.3 cm³/mol. The quantitative estimate of drug-likeness (QED) is 0.826. The van der Waals surface area contributed by atoms with E-state index in [9.17, 15) is 4.79 Å². The summed E-state index contributed by atoms with van der Waals surface area (Å²) in [5.41, 5.74) is 0.737. The number of ether oxygens (including phenoxy) is 1. The first-order chi connectivity index (χ1) is 12.3. The zero-order chi connectivity index (χ0) is 17.2. The van der Waals surface area contributed by atoms with Crippen LogP contribution in [0.15, 0.2) is 18.5 Å². The number of rotatable bonds is 3. The Balaban J connectivity index is 1.39. The summed E-state index contributed by atoms with van der Waals surface area (Å²) < 4.78 is 7.47. The van der Waals surface area contributed by atoms with E-state index < -0.39 is 0 Å². The molecule has 4 heterocycles. The number of hydrogen-bond donors (Lipinski definition) is 0. The van der Waals surface area contributed by atoms with Crippen LogP contribution in [0.1, 0.15) is 26.2 Å². The second kappa shape index (κ2) is 6.95. The first kappa shape index (κ1) is 16.3. The van der Waals surface area contributed by atoms with Gasteiger partial charge in [-0.1, -0.05) is 6.92 Å². The van der Waals surface area contributed by atoms with Gasteiger partial charge in [0.05, 0.1) is 12.0 Å². The molecule has 0 aliphatic carbocycles. The van der Waals surface area contributed by atoms with Crippen molar-refractivity contribution in [3.05, 3.63) is 18.5 Å². The largest absolute Gasteiger partial charge is 0.377 e. The van der Waals surface area contributed by atoms with Crippen LogP contribution in [0, 0.1) is 5.92 Å². The Morgan fingerprint density at radius 3 is 2.92 bits per heavy atom. The molecular formula is C17H24N6O2. The second-order valence-corrected chi connectivity index (χ2v) is 6.70. The van der Waals surface area contributed by atoms with Gasteiger partial charge in [0.1, 0.15) is 12.1 Å². The summed E-state index contributed by atoms with van der Waals surface area (Å²) >= 11 is 0. The maximum Gasteiger partial charge on any atom is 0.228 e. The minimum absolute atomic E-state index is 0.0248. The fourth-order valence-electron chi connectivity index (χ4n) is 3.80. The van der Waals surface area contributed by atoms with Gasteiger partial charge in [0.25, 0.3) is 0 Å². The van der Waals surface area contributed by atoms with Crippen LogP contribution in [0.25, 0.3) is 5.65 Å². The summed E-state index contributed by atoms with van der Waals surface area (Å²) in [6, 6.07) is 3.88. The monoisotopic (exact) mass is 344 g/mol. The molecular weight excluding hydrogens is 320 g/mol. The van der Waals surface area contributed by atoms with Crippen LogP contribution in [0.2, 0.25) is 0 Å². The van der Waals surface area contributed by atoms with Gasteiger partial charge < -0.3 is 14.5 Å². The van der Waals surface area contributed by atoms with Crippen molar-refractivity contribution < 1.29 is 9.53 Å². The van der Waals surface area contributed by atoms with E-state index in [0.29, 0.717) is 0 Å². The van der Waals surface area contributed by atoms with Crippen LogP contribution < -0.4 is 4.90 Å². The Bertz CT molecular complexity index is 740. The third-order valence-corrected chi connectivity index (χ3v) is 5.22. The molecule has 134 valence electrons. The van der Waals surface area contributed by atoms with Crippen LogP contribution >= 0.6 is 0 Å². The Morgan fingerprint density at radius 1 is 1.28 bits per heavy atom. The van der Waals surface area contributed by atoms with Crippen LogP contribution in [0.3, 0.4) is 0 Å². The molecule has 2 aromatic heterocycles. The minimum atomic E-state index is 0.0248. The Morgan fingerprint density at radius 2 is 2.12 bits per heavy atom. The number of anilines is 1. The molecule has 2 aromatic rings. The van der Waals surface area contributed by atoms with E-state index >= 15 is 0 Å². The number of carbonyl (C=O) groups excluding carboxylic acids is 1. The molecule has 2 atom stereocenters. The van der Waals surface area contributed by atoms with Gasteiger partial charge in [-0.05, 0) is 31.4 Å². The molecule has 8 heteroatoms. The van der Waals surface area contributed by atoms with Crippen molar-refractivity contribution in [1.82, 2.24) is 24.7 Å². The normalized spacial score (nSPS) is 24.7. The van der Waals surface area contributed by atoms with Gasteiger partial charge in [0, 0.05) is 32.8 Å². The SMILES string of the molecule is CCC1OCCCC1C(=O)N1CCN(c2ccc3nncn3n2)CC1. The highest BCUT2D eigenvalue weighted by molar-refractivity contribution is 5.79. The molecule has 0 saturated carbocycles. The Kier molecular flexibility index (Phi) is 4.52. The van der Waals surface area contributed by atoms with Crippen LogP contribution in [0.5, 0.6) is 0 Å². The summed E-state index contributed by atoms with van der Waals surface area (Å²) in [6.07, 6.45) is 4.52. The number of piperazine rings is 1. The molecule has 2 unspecified atom stereocenters. The molecule has 2 aliphatic heterocycles. The van der Waals surface area contributed by atoms with Crippen LogP contribution in [0.4, 0.5) is 5.82 Å². The summed E-state index contributed by atoms with van der Waals surface area (Å²) in [5, 5.41) is 12.4. The second-order valence-electron chi connectivity index (χ2n) is 6.70. The standard InChI is InChI=1S/C17H24N6O2/c1-2-14-13(4-3-11-25-14)17(24)22-9-7-21(8-10-22)16-6-5-15-19-18-12-23(15)20-16/h5-6,12-14H,2-4,7-11H2,1H3. The van der Waals surface area contributed by atoms with Crippen LogP contribution in [-0.2, 0) is 9.53 Å². The first-order valence-corrected chi connectivity index (χ1v) is 9.08. The van der Waals surface area contributed by atoms with Gasteiger partial charge in [-0.25, -0.2) is 0 Å². The molecule has 8 nitrogen and oxygen atoms in total. The molecule has 2 fully saturated rings. The summed E-state index contributed by atoms with van der Waals surface area (Å²) in [6.45, 7) is 5.92.